The van der Waals surface area contributed by atoms with Crippen LogP contribution in [-0.2, 0) is 0 Å². The molecule has 98 valence electrons. The summed E-state index contributed by atoms with van der Waals surface area (Å²) in [4.78, 5) is 2.46. The summed E-state index contributed by atoms with van der Waals surface area (Å²) in [5.41, 5.74) is 0. The van der Waals surface area contributed by atoms with Gasteiger partial charge in [-0.2, -0.15) is 0 Å². The third-order valence-electron chi connectivity index (χ3n) is 3.17. The van der Waals surface area contributed by atoms with Crippen molar-refractivity contribution in [1.29, 1.82) is 0 Å². The Morgan fingerprint density at radius 3 is 2.12 bits per heavy atom. The molecule has 0 aromatic heterocycles. The van der Waals surface area contributed by atoms with Crippen LogP contribution in [0.4, 0.5) is 0 Å². The first kappa shape index (κ1) is 15.9. The summed E-state index contributed by atoms with van der Waals surface area (Å²) < 4.78 is 0. The minimum Gasteiger partial charge on any atom is -0.312 e. The van der Waals surface area contributed by atoms with E-state index >= 15 is 0 Å². The third-order valence-corrected chi connectivity index (χ3v) is 3.17. The van der Waals surface area contributed by atoms with Crippen molar-refractivity contribution in [3.05, 3.63) is 0 Å². The Morgan fingerprint density at radius 2 is 1.69 bits per heavy atom. The topological polar surface area (TPSA) is 15.3 Å². The molecule has 0 radical (unpaired) electrons. The van der Waals surface area contributed by atoms with Crippen LogP contribution in [0.1, 0.15) is 47.5 Å². The van der Waals surface area contributed by atoms with Crippen LogP contribution in [0, 0.1) is 11.8 Å². The van der Waals surface area contributed by atoms with E-state index in [1.165, 1.54) is 25.9 Å². The Hall–Kier alpha value is -0.0800. The molecule has 0 aromatic rings. The Morgan fingerprint density at radius 1 is 1.06 bits per heavy atom. The zero-order chi connectivity index (χ0) is 12.6. The molecule has 0 saturated heterocycles. The van der Waals surface area contributed by atoms with Gasteiger partial charge in [0.15, 0.2) is 0 Å². The van der Waals surface area contributed by atoms with Gasteiger partial charge in [0.25, 0.3) is 0 Å². The van der Waals surface area contributed by atoms with Crippen LogP contribution >= 0.6 is 0 Å². The first-order valence-corrected chi connectivity index (χ1v) is 6.93. The highest BCUT2D eigenvalue weighted by Gasteiger charge is 2.17. The number of nitrogens with zero attached hydrogens (tertiary/aromatic N) is 1. The lowest BCUT2D eigenvalue weighted by molar-refractivity contribution is 0.226. The Balaban J connectivity index is 4.07. The van der Waals surface area contributed by atoms with Crippen LogP contribution in [0.5, 0.6) is 0 Å². The molecule has 2 heteroatoms. The van der Waals surface area contributed by atoms with Gasteiger partial charge in [0.2, 0.25) is 0 Å². The monoisotopic (exact) mass is 228 g/mol. The molecule has 2 atom stereocenters. The van der Waals surface area contributed by atoms with Crippen LogP contribution in [0.25, 0.3) is 0 Å². The fraction of sp³-hybridized carbons (Fsp3) is 1.00. The van der Waals surface area contributed by atoms with E-state index in [1.807, 2.05) is 0 Å². The summed E-state index contributed by atoms with van der Waals surface area (Å²) in [6.07, 6.45) is 2.48. The van der Waals surface area contributed by atoms with E-state index in [4.69, 9.17) is 0 Å². The van der Waals surface area contributed by atoms with Crippen molar-refractivity contribution in [2.45, 2.75) is 53.5 Å². The average molecular weight is 228 g/mol. The first-order valence-electron chi connectivity index (χ1n) is 6.93. The third kappa shape index (κ3) is 7.24. The van der Waals surface area contributed by atoms with Crippen molar-refractivity contribution in [3.8, 4) is 0 Å². The normalized spacial score (nSPS) is 15.8. The molecule has 0 aliphatic carbocycles. The summed E-state index contributed by atoms with van der Waals surface area (Å²) in [5, 5.41) is 3.68. The summed E-state index contributed by atoms with van der Waals surface area (Å²) in [6.45, 7) is 15.0. The van der Waals surface area contributed by atoms with Gasteiger partial charge in [-0.25, -0.2) is 0 Å². The molecule has 0 amide bonds. The number of likely N-dealkylation sites (N-methyl/N-ethyl adjacent to an activating group) is 1. The van der Waals surface area contributed by atoms with Gasteiger partial charge in [-0.15, -0.1) is 0 Å². The maximum absolute atomic E-state index is 3.68. The highest BCUT2D eigenvalue weighted by Crippen LogP contribution is 2.09. The van der Waals surface area contributed by atoms with E-state index in [1.54, 1.807) is 0 Å². The maximum atomic E-state index is 3.68. The number of nitrogens with one attached hydrogen (secondary N) is 1. The number of hydrogen-bond acceptors (Lipinski definition) is 2. The van der Waals surface area contributed by atoms with E-state index in [0.717, 1.165) is 18.4 Å². The van der Waals surface area contributed by atoms with E-state index < -0.39 is 0 Å². The lowest BCUT2D eigenvalue weighted by Gasteiger charge is -2.30. The highest BCUT2D eigenvalue weighted by molar-refractivity contribution is 4.76. The fourth-order valence-electron chi connectivity index (χ4n) is 2.09. The van der Waals surface area contributed by atoms with Crippen molar-refractivity contribution in [2.75, 3.05) is 26.7 Å². The minimum absolute atomic E-state index is 0.647. The van der Waals surface area contributed by atoms with Crippen LogP contribution in [-0.4, -0.2) is 37.6 Å². The molecule has 1 N–H and O–H groups in total. The van der Waals surface area contributed by atoms with E-state index in [9.17, 15) is 0 Å². The molecule has 0 spiro atoms. The van der Waals surface area contributed by atoms with Gasteiger partial charge >= 0.3 is 0 Å². The van der Waals surface area contributed by atoms with Crippen molar-refractivity contribution in [2.24, 2.45) is 11.8 Å². The molecule has 0 bridgehead atoms. The Kier molecular flexibility index (Phi) is 8.96. The van der Waals surface area contributed by atoms with E-state index in [0.29, 0.717) is 6.04 Å². The van der Waals surface area contributed by atoms with Gasteiger partial charge in [0.1, 0.15) is 0 Å². The smallest absolute Gasteiger partial charge is 0.0220 e. The quantitative estimate of drug-likeness (QED) is 0.652. The van der Waals surface area contributed by atoms with Gasteiger partial charge in [-0.3, -0.25) is 0 Å². The van der Waals surface area contributed by atoms with Crippen molar-refractivity contribution < 1.29 is 0 Å². The molecule has 0 aliphatic heterocycles. The summed E-state index contributed by atoms with van der Waals surface area (Å²) in [7, 11) is 2.24. The second-order valence-electron chi connectivity index (χ2n) is 5.56. The molecule has 0 aromatic carbocycles. The lowest BCUT2D eigenvalue weighted by Crippen LogP contribution is -2.44. The van der Waals surface area contributed by atoms with Gasteiger partial charge in [0.05, 0.1) is 0 Å². The zero-order valence-corrected chi connectivity index (χ0v) is 12.2. The van der Waals surface area contributed by atoms with Crippen molar-refractivity contribution in [1.82, 2.24) is 10.2 Å². The van der Waals surface area contributed by atoms with Crippen molar-refractivity contribution >= 4 is 0 Å². The van der Waals surface area contributed by atoms with Gasteiger partial charge in [0, 0.05) is 19.1 Å². The van der Waals surface area contributed by atoms with Crippen LogP contribution < -0.4 is 5.32 Å². The van der Waals surface area contributed by atoms with E-state index in [2.05, 4.69) is 51.9 Å². The molecule has 0 saturated carbocycles. The van der Waals surface area contributed by atoms with Crippen LogP contribution in [0.15, 0.2) is 0 Å². The van der Waals surface area contributed by atoms with Gasteiger partial charge in [-0.05, 0) is 31.8 Å². The molecule has 2 nitrogen and oxygen atoms in total. The molecular formula is C14H32N2. The van der Waals surface area contributed by atoms with Gasteiger partial charge < -0.3 is 10.2 Å². The predicted molar refractivity (Wildman–Crippen MR) is 73.9 cm³/mol. The average Bonchev–Trinajstić information content (AvgIpc) is 2.21. The molecule has 0 rings (SSSR count). The predicted octanol–water partition coefficient (Wildman–Crippen LogP) is 2.99. The molecule has 0 heterocycles. The standard InChI is InChI=1S/C14H32N2/c1-7-9-15-14(13(5)8-2)11-16(6)10-12(3)4/h12-15H,7-11H2,1-6H3. The Labute approximate surface area is 103 Å². The summed E-state index contributed by atoms with van der Waals surface area (Å²) >= 11 is 0. The molecule has 16 heavy (non-hydrogen) atoms. The van der Waals surface area contributed by atoms with Crippen molar-refractivity contribution in [3.63, 3.8) is 0 Å². The van der Waals surface area contributed by atoms with Crippen LogP contribution in [0.3, 0.4) is 0 Å². The second-order valence-corrected chi connectivity index (χ2v) is 5.56. The SMILES string of the molecule is CCCNC(CN(C)CC(C)C)C(C)CC. The van der Waals surface area contributed by atoms with E-state index in [-0.39, 0.29) is 0 Å². The summed E-state index contributed by atoms with van der Waals surface area (Å²) in [6, 6.07) is 0.647. The zero-order valence-electron chi connectivity index (χ0n) is 12.2. The second kappa shape index (κ2) is 9.00. The molecular weight excluding hydrogens is 196 g/mol. The highest BCUT2D eigenvalue weighted by atomic mass is 15.1. The molecule has 2 unspecified atom stereocenters. The number of hydrogen-bond donors (Lipinski definition) is 1. The maximum Gasteiger partial charge on any atom is 0.0220 e. The first-order chi connectivity index (χ1) is 7.51. The van der Waals surface area contributed by atoms with Crippen LogP contribution in [0.2, 0.25) is 0 Å². The summed E-state index contributed by atoms with van der Waals surface area (Å²) in [5.74, 6) is 1.52. The number of rotatable bonds is 9. The molecule has 0 aliphatic rings. The minimum atomic E-state index is 0.647. The Bertz CT molecular complexity index is 157. The molecule has 0 fully saturated rings. The van der Waals surface area contributed by atoms with Gasteiger partial charge in [-0.1, -0.05) is 41.0 Å². The fourth-order valence-corrected chi connectivity index (χ4v) is 2.09. The lowest BCUT2D eigenvalue weighted by atomic mass is 9.98. The largest absolute Gasteiger partial charge is 0.312 e.